The summed E-state index contributed by atoms with van der Waals surface area (Å²) in [5.74, 6) is -0.584. The molecule has 1 aliphatic carbocycles. The van der Waals surface area contributed by atoms with Crippen molar-refractivity contribution >= 4 is 11.6 Å². The molecule has 1 aromatic carbocycles. The van der Waals surface area contributed by atoms with Crippen molar-refractivity contribution in [1.29, 1.82) is 0 Å². The highest BCUT2D eigenvalue weighted by molar-refractivity contribution is 5.99. The summed E-state index contributed by atoms with van der Waals surface area (Å²) in [7, 11) is 1.62. The van der Waals surface area contributed by atoms with Gasteiger partial charge in [-0.1, -0.05) is 25.3 Å². The Morgan fingerprint density at radius 3 is 2.67 bits per heavy atom. The summed E-state index contributed by atoms with van der Waals surface area (Å²) in [5.41, 5.74) is 0.647. The summed E-state index contributed by atoms with van der Waals surface area (Å²) in [6, 6.07) is 4.79. The van der Waals surface area contributed by atoms with Crippen molar-refractivity contribution in [3.05, 3.63) is 29.6 Å². The number of carbonyl (C=O) groups excluding carboxylic acids is 1. The van der Waals surface area contributed by atoms with E-state index in [2.05, 4.69) is 10.6 Å². The van der Waals surface area contributed by atoms with Gasteiger partial charge in [0.15, 0.2) is 0 Å². The number of halogens is 1. The second-order valence-corrected chi connectivity index (χ2v) is 4.72. The Balaban J connectivity index is 2.10. The molecule has 0 saturated heterocycles. The number of amides is 1. The van der Waals surface area contributed by atoms with Crippen LogP contribution in [0, 0.1) is 5.82 Å². The van der Waals surface area contributed by atoms with Crippen LogP contribution in [0.2, 0.25) is 0 Å². The minimum Gasteiger partial charge on any atom is -0.385 e. The Hall–Kier alpha value is -1.58. The molecular weight excluding hydrogens is 231 g/mol. The standard InChI is InChI=1S/C14H19FN2O/c1-16-13-11(8-5-9-12(13)15)14(18)17-10-6-3-2-4-7-10/h5,8-10,16H,2-4,6-7H2,1H3,(H,17,18). The van der Waals surface area contributed by atoms with Crippen LogP contribution < -0.4 is 10.6 Å². The molecule has 1 aromatic rings. The molecule has 0 spiro atoms. The minimum atomic E-state index is -0.395. The maximum atomic E-state index is 13.5. The fourth-order valence-corrected chi connectivity index (χ4v) is 2.48. The van der Waals surface area contributed by atoms with Crippen molar-refractivity contribution in [2.75, 3.05) is 12.4 Å². The van der Waals surface area contributed by atoms with E-state index < -0.39 is 5.82 Å². The second-order valence-electron chi connectivity index (χ2n) is 4.72. The number of para-hydroxylation sites is 1. The fourth-order valence-electron chi connectivity index (χ4n) is 2.48. The van der Waals surface area contributed by atoms with Gasteiger partial charge in [0.1, 0.15) is 5.82 Å². The number of nitrogens with one attached hydrogen (secondary N) is 2. The molecule has 0 bridgehead atoms. The van der Waals surface area contributed by atoms with Crippen LogP contribution in [0.3, 0.4) is 0 Å². The van der Waals surface area contributed by atoms with E-state index in [1.807, 2.05) is 0 Å². The Kier molecular flexibility index (Phi) is 4.18. The fraction of sp³-hybridized carbons (Fsp3) is 0.500. The van der Waals surface area contributed by atoms with E-state index in [9.17, 15) is 9.18 Å². The molecule has 98 valence electrons. The monoisotopic (exact) mass is 250 g/mol. The highest BCUT2D eigenvalue weighted by Gasteiger charge is 2.19. The molecule has 3 nitrogen and oxygen atoms in total. The largest absolute Gasteiger partial charge is 0.385 e. The molecule has 2 rings (SSSR count). The number of benzene rings is 1. The Bertz CT molecular complexity index is 428. The van der Waals surface area contributed by atoms with Crippen molar-refractivity contribution in [2.45, 2.75) is 38.1 Å². The summed E-state index contributed by atoms with van der Waals surface area (Å²) in [4.78, 5) is 12.1. The zero-order valence-corrected chi connectivity index (χ0v) is 10.6. The molecule has 1 fully saturated rings. The quantitative estimate of drug-likeness (QED) is 0.866. The molecular formula is C14H19FN2O. The maximum absolute atomic E-state index is 13.5. The number of hydrogen-bond donors (Lipinski definition) is 2. The lowest BCUT2D eigenvalue weighted by Crippen LogP contribution is -2.36. The van der Waals surface area contributed by atoms with Crippen LogP contribution in [-0.2, 0) is 0 Å². The average molecular weight is 250 g/mol. The summed E-state index contributed by atoms with van der Waals surface area (Å²) >= 11 is 0. The van der Waals surface area contributed by atoms with Gasteiger partial charge in [0, 0.05) is 13.1 Å². The summed E-state index contributed by atoms with van der Waals surface area (Å²) in [6.07, 6.45) is 5.61. The zero-order chi connectivity index (χ0) is 13.0. The van der Waals surface area contributed by atoms with Crippen molar-refractivity contribution in [2.24, 2.45) is 0 Å². The van der Waals surface area contributed by atoms with Crippen LogP contribution in [0.4, 0.5) is 10.1 Å². The number of anilines is 1. The van der Waals surface area contributed by atoms with Crippen molar-refractivity contribution in [1.82, 2.24) is 5.32 Å². The summed E-state index contributed by atoms with van der Waals surface area (Å²) in [5, 5.41) is 5.74. The van der Waals surface area contributed by atoms with Crippen molar-refractivity contribution in [3.63, 3.8) is 0 Å². The van der Waals surface area contributed by atoms with Gasteiger partial charge in [-0.05, 0) is 25.0 Å². The molecule has 0 heterocycles. The van der Waals surface area contributed by atoms with Crippen LogP contribution in [0.15, 0.2) is 18.2 Å². The van der Waals surface area contributed by atoms with E-state index in [0.717, 1.165) is 25.7 Å². The molecule has 18 heavy (non-hydrogen) atoms. The lowest BCUT2D eigenvalue weighted by molar-refractivity contribution is 0.0928. The highest BCUT2D eigenvalue weighted by Crippen LogP contribution is 2.21. The van der Waals surface area contributed by atoms with Crippen LogP contribution in [0.25, 0.3) is 0 Å². The Morgan fingerprint density at radius 1 is 1.28 bits per heavy atom. The number of hydrogen-bond acceptors (Lipinski definition) is 2. The van der Waals surface area contributed by atoms with Crippen LogP contribution in [-0.4, -0.2) is 19.0 Å². The third-order valence-corrected chi connectivity index (χ3v) is 3.45. The molecule has 0 aromatic heterocycles. The first-order valence-corrected chi connectivity index (χ1v) is 6.49. The molecule has 4 heteroatoms. The van der Waals surface area contributed by atoms with Gasteiger partial charge < -0.3 is 10.6 Å². The van der Waals surface area contributed by atoms with Crippen LogP contribution in [0.5, 0.6) is 0 Å². The topological polar surface area (TPSA) is 41.1 Å². The van der Waals surface area contributed by atoms with E-state index in [-0.39, 0.29) is 17.6 Å². The van der Waals surface area contributed by atoms with Crippen molar-refractivity contribution < 1.29 is 9.18 Å². The highest BCUT2D eigenvalue weighted by atomic mass is 19.1. The van der Waals surface area contributed by atoms with Gasteiger partial charge in [-0.15, -0.1) is 0 Å². The van der Waals surface area contributed by atoms with Gasteiger partial charge in [-0.2, -0.15) is 0 Å². The molecule has 1 amide bonds. The van der Waals surface area contributed by atoms with E-state index in [0.29, 0.717) is 5.56 Å². The van der Waals surface area contributed by atoms with Gasteiger partial charge in [-0.25, -0.2) is 4.39 Å². The molecule has 1 aliphatic rings. The normalized spacial score (nSPS) is 16.3. The third kappa shape index (κ3) is 2.81. The lowest BCUT2D eigenvalue weighted by Gasteiger charge is -2.23. The molecule has 1 saturated carbocycles. The average Bonchev–Trinajstić information content (AvgIpc) is 2.39. The summed E-state index contributed by atoms with van der Waals surface area (Å²) < 4.78 is 13.5. The first kappa shape index (κ1) is 12.9. The van der Waals surface area contributed by atoms with Gasteiger partial charge in [-0.3, -0.25) is 4.79 Å². The van der Waals surface area contributed by atoms with E-state index in [1.165, 1.54) is 12.5 Å². The van der Waals surface area contributed by atoms with E-state index in [1.54, 1.807) is 19.2 Å². The number of rotatable bonds is 3. The van der Waals surface area contributed by atoms with Crippen LogP contribution >= 0.6 is 0 Å². The molecule has 2 N–H and O–H groups in total. The molecule has 0 atom stereocenters. The zero-order valence-electron chi connectivity index (χ0n) is 10.6. The smallest absolute Gasteiger partial charge is 0.253 e. The Labute approximate surface area is 107 Å². The Morgan fingerprint density at radius 2 is 2.00 bits per heavy atom. The van der Waals surface area contributed by atoms with Gasteiger partial charge in [0.25, 0.3) is 5.91 Å². The van der Waals surface area contributed by atoms with Crippen molar-refractivity contribution in [3.8, 4) is 0 Å². The predicted molar refractivity (Wildman–Crippen MR) is 70.3 cm³/mol. The van der Waals surface area contributed by atoms with E-state index >= 15 is 0 Å². The molecule has 0 radical (unpaired) electrons. The SMILES string of the molecule is CNc1c(F)cccc1C(=O)NC1CCCCC1. The minimum absolute atomic E-state index is 0.189. The first-order valence-electron chi connectivity index (χ1n) is 6.49. The van der Waals surface area contributed by atoms with Gasteiger partial charge in [0.2, 0.25) is 0 Å². The number of carbonyl (C=O) groups is 1. The second kappa shape index (κ2) is 5.85. The van der Waals surface area contributed by atoms with Crippen LogP contribution in [0.1, 0.15) is 42.5 Å². The predicted octanol–water partition coefficient (Wildman–Crippen LogP) is 2.93. The van der Waals surface area contributed by atoms with Gasteiger partial charge in [0.05, 0.1) is 11.3 Å². The molecule has 0 aliphatic heterocycles. The summed E-state index contributed by atoms with van der Waals surface area (Å²) in [6.45, 7) is 0. The lowest BCUT2D eigenvalue weighted by atomic mass is 9.95. The third-order valence-electron chi connectivity index (χ3n) is 3.45. The first-order chi connectivity index (χ1) is 8.72. The van der Waals surface area contributed by atoms with E-state index in [4.69, 9.17) is 0 Å². The maximum Gasteiger partial charge on any atom is 0.253 e. The van der Waals surface area contributed by atoms with Gasteiger partial charge >= 0.3 is 0 Å². The molecule has 0 unspecified atom stereocenters.